The molecule has 0 aliphatic carbocycles. The van der Waals surface area contributed by atoms with Gasteiger partial charge < -0.3 is 19.5 Å². The second kappa shape index (κ2) is 12.3. The van der Waals surface area contributed by atoms with Gasteiger partial charge in [0.05, 0.1) is 30.9 Å². The predicted octanol–water partition coefficient (Wildman–Crippen LogP) is 4.70. The van der Waals surface area contributed by atoms with Crippen LogP contribution in [0.25, 0.3) is 0 Å². The number of ether oxygens (including phenoxy) is 2. The molecule has 0 fully saturated rings. The van der Waals surface area contributed by atoms with Gasteiger partial charge in [-0.3, -0.25) is 9.69 Å². The molecule has 0 radical (unpaired) electrons. The molecular weight excluding hydrogens is 460 g/mol. The number of amides is 1. The maximum atomic E-state index is 13.6. The number of rotatable bonds is 11. The summed E-state index contributed by atoms with van der Waals surface area (Å²) >= 11 is 1.75. The second-order valence-corrected chi connectivity index (χ2v) is 11.9. The molecule has 0 spiro atoms. The van der Waals surface area contributed by atoms with Crippen LogP contribution in [0.2, 0.25) is 0 Å². The lowest BCUT2D eigenvalue weighted by atomic mass is 10.00. The summed E-state index contributed by atoms with van der Waals surface area (Å²) in [6.07, 6.45) is 0.220. The second-order valence-electron chi connectivity index (χ2n) is 10.9. The van der Waals surface area contributed by atoms with Gasteiger partial charge in [-0.2, -0.15) is 0 Å². The molecule has 2 atom stereocenters. The third kappa shape index (κ3) is 8.60. The van der Waals surface area contributed by atoms with Crippen LogP contribution in [0.4, 0.5) is 0 Å². The normalized spacial score (nSPS) is 17.1. The van der Waals surface area contributed by atoms with E-state index in [0.717, 1.165) is 18.7 Å². The molecule has 1 aliphatic rings. The summed E-state index contributed by atoms with van der Waals surface area (Å²) in [4.78, 5) is 19.0. The predicted molar refractivity (Wildman–Crippen MR) is 142 cm³/mol. The highest BCUT2D eigenvalue weighted by molar-refractivity contribution is 7.10. The molecule has 1 aromatic carbocycles. The van der Waals surface area contributed by atoms with Gasteiger partial charge in [0.2, 0.25) is 5.91 Å². The van der Waals surface area contributed by atoms with Crippen LogP contribution in [0.15, 0.2) is 35.7 Å². The molecule has 1 aliphatic heterocycles. The molecule has 2 heterocycles. The van der Waals surface area contributed by atoms with E-state index in [-0.39, 0.29) is 30.7 Å². The number of hydrogen-bond donors (Lipinski definition) is 1. The summed E-state index contributed by atoms with van der Waals surface area (Å²) in [5, 5.41) is 12.7. The lowest BCUT2D eigenvalue weighted by Crippen LogP contribution is -2.48. The Balaban J connectivity index is 1.69. The number of thiophene rings is 1. The van der Waals surface area contributed by atoms with E-state index in [1.165, 1.54) is 16.0 Å². The average Bonchev–Trinajstić information content (AvgIpc) is 3.25. The minimum absolute atomic E-state index is 0.0731. The zero-order valence-corrected chi connectivity index (χ0v) is 22.9. The largest absolute Gasteiger partial charge is 0.491 e. The molecule has 1 N–H and O–H groups in total. The maximum absolute atomic E-state index is 13.6. The fourth-order valence-corrected chi connectivity index (χ4v) is 5.31. The molecule has 35 heavy (non-hydrogen) atoms. The van der Waals surface area contributed by atoms with Crippen LogP contribution in [-0.4, -0.2) is 71.9 Å². The quantitative estimate of drug-likeness (QED) is 0.483. The summed E-state index contributed by atoms with van der Waals surface area (Å²) < 4.78 is 11.9. The Morgan fingerprint density at radius 2 is 1.91 bits per heavy atom. The molecule has 2 unspecified atom stereocenters. The van der Waals surface area contributed by atoms with Crippen LogP contribution >= 0.6 is 11.3 Å². The molecule has 0 saturated carbocycles. The lowest BCUT2D eigenvalue weighted by Gasteiger charge is -2.37. The summed E-state index contributed by atoms with van der Waals surface area (Å²) in [6, 6.07) is 10.0. The SMILES string of the molecule is Cc1ccc(OCC2c3ccsc3CCN2C(=O)CN(CC(C)C)CC(O)COC(C)(C)C)cc1. The van der Waals surface area contributed by atoms with Crippen molar-refractivity contribution in [2.45, 2.75) is 65.7 Å². The van der Waals surface area contributed by atoms with Crippen LogP contribution in [0.3, 0.4) is 0 Å². The lowest BCUT2D eigenvalue weighted by molar-refractivity contribution is -0.137. The Labute approximate surface area is 214 Å². The van der Waals surface area contributed by atoms with Gasteiger partial charge in [0.25, 0.3) is 0 Å². The molecule has 194 valence electrons. The summed E-state index contributed by atoms with van der Waals surface area (Å²) in [7, 11) is 0. The molecule has 0 saturated heterocycles. The highest BCUT2D eigenvalue weighted by atomic mass is 32.1. The number of aliphatic hydroxyl groups excluding tert-OH is 1. The minimum Gasteiger partial charge on any atom is -0.491 e. The molecule has 1 amide bonds. The topological polar surface area (TPSA) is 62.2 Å². The van der Waals surface area contributed by atoms with E-state index in [4.69, 9.17) is 9.47 Å². The van der Waals surface area contributed by atoms with Gasteiger partial charge in [-0.1, -0.05) is 31.5 Å². The number of hydrogen-bond acceptors (Lipinski definition) is 6. The van der Waals surface area contributed by atoms with Gasteiger partial charge in [0.15, 0.2) is 0 Å². The van der Waals surface area contributed by atoms with E-state index < -0.39 is 6.10 Å². The Bertz CT molecular complexity index is 935. The van der Waals surface area contributed by atoms with Gasteiger partial charge in [-0.15, -0.1) is 11.3 Å². The minimum atomic E-state index is -0.647. The number of aryl methyl sites for hydroxylation is 1. The summed E-state index contributed by atoms with van der Waals surface area (Å²) in [5.41, 5.74) is 2.07. The Kier molecular flexibility index (Phi) is 9.76. The van der Waals surface area contributed by atoms with E-state index in [2.05, 4.69) is 37.1 Å². The van der Waals surface area contributed by atoms with Crippen LogP contribution < -0.4 is 4.74 Å². The zero-order chi connectivity index (χ0) is 25.6. The van der Waals surface area contributed by atoms with Gasteiger partial charge in [-0.05, 0) is 69.2 Å². The molecular formula is C28H42N2O4S. The number of carbonyl (C=O) groups excluding carboxylic acids is 1. The van der Waals surface area contributed by atoms with Crippen molar-refractivity contribution in [1.82, 2.24) is 9.80 Å². The fourth-order valence-electron chi connectivity index (χ4n) is 4.38. The Morgan fingerprint density at radius 1 is 1.20 bits per heavy atom. The van der Waals surface area contributed by atoms with Crippen molar-refractivity contribution >= 4 is 17.2 Å². The molecule has 7 heteroatoms. The first-order chi connectivity index (χ1) is 16.5. The first-order valence-electron chi connectivity index (χ1n) is 12.6. The van der Waals surface area contributed by atoms with E-state index in [9.17, 15) is 9.90 Å². The van der Waals surface area contributed by atoms with Crippen LogP contribution in [0.5, 0.6) is 5.75 Å². The van der Waals surface area contributed by atoms with Gasteiger partial charge in [0, 0.05) is 24.5 Å². The highest BCUT2D eigenvalue weighted by Crippen LogP contribution is 2.34. The van der Waals surface area contributed by atoms with Crippen LogP contribution in [0.1, 0.15) is 56.7 Å². The van der Waals surface area contributed by atoms with Crippen LogP contribution in [0, 0.1) is 12.8 Å². The van der Waals surface area contributed by atoms with Gasteiger partial charge in [-0.25, -0.2) is 0 Å². The van der Waals surface area contributed by atoms with Crippen LogP contribution in [-0.2, 0) is 16.0 Å². The monoisotopic (exact) mass is 502 g/mol. The standard InChI is InChI=1S/C28H42N2O4S/c1-20(2)15-29(16-22(31)18-34-28(4,5)6)17-27(32)30-13-11-26-24(12-14-35-26)25(30)19-33-23-9-7-21(3)8-10-23/h7-10,12,14,20,22,25,31H,11,13,15-19H2,1-6H3. The number of aliphatic hydroxyl groups is 1. The third-order valence-corrected chi connectivity index (χ3v) is 7.00. The zero-order valence-electron chi connectivity index (χ0n) is 22.1. The first-order valence-corrected chi connectivity index (χ1v) is 13.5. The number of fused-ring (bicyclic) bond motifs is 1. The smallest absolute Gasteiger partial charge is 0.237 e. The van der Waals surface area contributed by atoms with Gasteiger partial charge in [0.1, 0.15) is 12.4 Å². The van der Waals surface area contributed by atoms with Crippen molar-refractivity contribution in [3.05, 3.63) is 51.7 Å². The van der Waals surface area contributed by atoms with Crippen molar-refractivity contribution in [2.75, 3.05) is 39.4 Å². The maximum Gasteiger partial charge on any atom is 0.237 e. The Morgan fingerprint density at radius 3 is 2.57 bits per heavy atom. The molecule has 3 rings (SSSR count). The molecule has 0 bridgehead atoms. The Hall–Kier alpha value is -1.93. The molecule has 1 aromatic heterocycles. The van der Waals surface area contributed by atoms with E-state index in [1.54, 1.807) is 11.3 Å². The van der Waals surface area contributed by atoms with Crippen molar-refractivity contribution in [3.8, 4) is 5.75 Å². The average molecular weight is 503 g/mol. The third-order valence-electron chi connectivity index (χ3n) is 6.00. The van der Waals surface area contributed by atoms with Gasteiger partial charge >= 0.3 is 0 Å². The molecule has 6 nitrogen and oxygen atoms in total. The highest BCUT2D eigenvalue weighted by Gasteiger charge is 2.33. The summed E-state index contributed by atoms with van der Waals surface area (Å²) in [6.45, 7) is 15.0. The molecule has 2 aromatic rings. The van der Waals surface area contributed by atoms with E-state index in [1.807, 2.05) is 49.9 Å². The van der Waals surface area contributed by atoms with E-state index >= 15 is 0 Å². The van der Waals surface area contributed by atoms with E-state index in [0.29, 0.717) is 25.6 Å². The van der Waals surface area contributed by atoms with Crippen molar-refractivity contribution in [2.24, 2.45) is 5.92 Å². The first kappa shape index (κ1) is 27.7. The fraction of sp³-hybridized carbons (Fsp3) is 0.607. The number of benzene rings is 1. The van der Waals surface area contributed by atoms with Crippen molar-refractivity contribution in [1.29, 1.82) is 0 Å². The summed E-state index contributed by atoms with van der Waals surface area (Å²) in [5.74, 6) is 1.27. The number of carbonyl (C=O) groups is 1. The van der Waals surface area contributed by atoms with Crippen molar-refractivity contribution < 1.29 is 19.4 Å². The number of nitrogens with zero attached hydrogens (tertiary/aromatic N) is 2. The van der Waals surface area contributed by atoms with Crippen molar-refractivity contribution in [3.63, 3.8) is 0 Å².